The predicted molar refractivity (Wildman–Crippen MR) is 81.0 cm³/mol. The second-order valence-corrected chi connectivity index (χ2v) is 5.71. The molecule has 0 fully saturated rings. The van der Waals surface area contributed by atoms with Crippen LogP contribution in [0.4, 0.5) is 5.69 Å². The molecule has 106 valence electrons. The average Bonchev–Trinajstić information content (AvgIpc) is 2.89. The van der Waals surface area contributed by atoms with Crippen LogP contribution in [-0.4, -0.2) is 22.4 Å². The SMILES string of the molecule is CCCNc1ccc(C(=O)NCc2cnc(C)s2)nc1. The summed E-state index contributed by atoms with van der Waals surface area (Å²) in [5.74, 6) is -0.168. The third-order valence-corrected chi connectivity index (χ3v) is 3.58. The normalized spacial score (nSPS) is 10.3. The molecule has 0 aromatic carbocycles. The molecule has 0 radical (unpaired) electrons. The van der Waals surface area contributed by atoms with Crippen molar-refractivity contribution in [2.45, 2.75) is 26.8 Å². The van der Waals surface area contributed by atoms with E-state index in [0.29, 0.717) is 12.2 Å². The van der Waals surface area contributed by atoms with Crippen molar-refractivity contribution >= 4 is 22.9 Å². The number of nitrogens with one attached hydrogen (secondary N) is 2. The third-order valence-electron chi connectivity index (χ3n) is 2.67. The molecule has 6 heteroatoms. The quantitative estimate of drug-likeness (QED) is 0.858. The van der Waals surface area contributed by atoms with Gasteiger partial charge in [-0.1, -0.05) is 6.92 Å². The van der Waals surface area contributed by atoms with Crippen LogP contribution >= 0.6 is 11.3 Å². The van der Waals surface area contributed by atoms with Crippen LogP contribution in [0.1, 0.15) is 33.7 Å². The first kappa shape index (κ1) is 14.5. The van der Waals surface area contributed by atoms with Gasteiger partial charge in [0.05, 0.1) is 23.4 Å². The van der Waals surface area contributed by atoms with Gasteiger partial charge in [-0.05, 0) is 25.5 Å². The molecule has 0 aliphatic rings. The van der Waals surface area contributed by atoms with Crippen molar-refractivity contribution in [1.82, 2.24) is 15.3 Å². The van der Waals surface area contributed by atoms with Crippen molar-refractivity contribution < 1.29 is 4.79 Å². The summed E-state index contributed by atoms with van der Waals surface area (Å²) in [5, 5.41) is 7.06. The Balaban J connectivity index is 1.88. The highest BCUT2D eigenvalue weighted by atomic mass is 32.1. The predicted octanol–water partition coefficient (Wildman–Crippen LogP) is 2.60. The monoisotopic (exact) mass is 290 g/mol. The second-order valence-electron chi connectivity index (χ2n) is 4.39. The molecule has 0 bridgehead atoms. The maximum atomic E-state index is 11.9. The minimum Gasteiger partial charge on any atom is -0.384 e. The minimum atomic E-state index is -0.168. The van der Waals surface area contributed by atoms with Crippen molar-refractivity contribution in [3.05, 3.63) is 40.1 Å². The first-order valence-electron chi connectivity index (χ1n) is 6.58. The molecule has 20 heavy (non-hydrogen) atoms. The van der Waals surface area contributed by atoms with Gasteiger partial charge in [0, 0.05) is 17.6 Å². The maximum absolute atomic E-state index is 11.9. The Kier molecular flexibility index (Phi) is 5.06. The molecule has 0 aliphatic carbocycles. The standard InChI is InChI=1S/C14H18N4OS/c1-3-6-15-11-4-5-13(17-7-11)14(19)18-9-12-8-16-10(2)20-12/h4-5,7-8,15H,3,6,9H2,1-2H3,(H,18,19). The van der Waals surface area contributed by atoms with Crippen LogP contribution in [0.3, 0.4) is 0 Å². The topological polar surface area (TPSA) is 66.9 Å². The van der Waals surface area contributed by atoms with E-state index in [1.54, 1.807) is 29.8 Å². The van der Waals surface area contributed by atoms with Gasteiger partial charge in [-0.2, -0.15) is 0 Å². The van der Waals surface area contributed by atoms with Gasteiger partial charge >= 0.3 is 0 Å². The highest BCUT2D eigenvalue weighted by Crippen LogP contribution is 2.11. The lowest BCUT2D eigenvalue weighted by atomic mass is 10.3. The fraction of sp³-hybridized carbons (Fsp3) is 0.357. The number of carbonyl (C=O) groups excluding carboxylic acids is 1. The number of hydrogen-bond donors (Lipinski definition) is 2. The molecule has 0 saturated carbocycles. The summed E-state index contributed by atoms with van der Waals surface area (Å²) in [6.45, 7) is 5.43. The Bertz CT molecular complexity index is 565. The molecule has 2 aromatic heterocycles. The summed E-state index contributed by atoms with van der Waals surface area (Å²) in [7, 11) is 0. The van der Waals surface area contributed by atoms with Crippen LogP contribution in [0.2, 0.25) is 0 Å². The molecule has 2 N–H and O–H groups in total. The van der Waals surface area contributed by atoms with Gasteiger partial charge in [-0.3, -0.25) is 4.79 Å². The number of pyridine rings is 1. The first-order valence-corrected chi connectivity index (χ1v) is 7.40. The van der Waals surface area contributed by atoms with Gasteiger partial charge < -0.3 is 10.6 Å². The fourth-order valence-electron chi connectivity index (χ4n) is 1.65. The number of amides is 1. The number of aryl methyl sites for hydroxylation is 1. The summed E-state index contributed by atoms with van der Waals surface area (Å²) in [6, 6.07) is 3.60. The average molecular weight is 290 g/mol. The van der Waals surface area contributed by atoms with E-state index < -0.39 is 0 Å². The van der Waals surface area contributed by atoms with E-state index >= 15 is 0 Å². The highest BCUT2D eigenvalue weighted by Gasteiger charge is 2.07. The third kappa shape index (κ3) is 4.03. The Labute approximate surface area is 122 Å². The summed E-state index contributed by atoms with van der Waals surface area (Å²) in [6.07, 6.45) is 4.52. The molecule has 0 atom stereocenters. The molecule has 0 spiro atoms. The minimum absolute atomic E-state index is 0.168. The van der Waals surface area contributed by atoms with E-state index in [9.17, 15) is 4.79 Å². The number of carbonyl (C=O) groups is 1. The van der Waals surface area contributed by atoms with Gasteiger partial charge in [-0.15, -0.1) is 11.3 Å². The molecular weight excluding hydrogens is 272 g/mol. The summed E-state index contributed by atoms with van der Waals surface area (Å²) < 4.78 is 0. The van der Waals surface area contributed by atoms with Crippen molar-refractivity contribution in [1.29, 1.82) is 0 Å². The van der Waals surface area contributed by atoms with Crippen LogP contribution in [0.25, 0.3) is 0 Å². The van der Waals surface area contributed by atoms with Crippen LogP contribution < -0.4 is 10.6 Å². The van der Waals surface area contributed by atoms with Crippen LogP contribution in [0.5, 0.6) is 0 Å². The highest BCUT2D eigenvalue weighted by molar-refractivity contribution is 7.11. The van der Waals surface area contributed by atoms with E-state index in [-0.39, 0.29) is 5.91 Å². The van der Waals surface area contributed by atoms with Crippen LogP contribution in [0, 0.1) is 6.92 Å². The van der Waals surface area contributed by atoms with Crippen molar-refractivity contribution in [2.24, 2.45) is 0 Å². The van der Waals surface area contributed by atoms with Crippen LogP contribution in [-0.2, 0) is 6.54 Å². The molecule has 2 heterocycles. The Morgan fingerprint density at radius 1 is 1.30 bits per heavy atom. The van der Waals surface area contributed by atoms with Crippen LogP contribution in [0.15, 0.2) is 24.5 Å². The molecule has 5 nitrogen and oxygen atoms in total. The fourth-order valence-corrected chi connectivity index (χ4v) is 2.38. The molecule has 1 amide bonds. The smallest absolute Gasteiger partial charge is 0.270 e. The van der Waals surface area contributed by atoms with Gasteiger partial charge in [0.25, 0.3) is 5.91 Å². The number of nitrogens with zero attached hydrogens (tertiary/aromatic N) is 2. The Morgan fingerprint density at radius 2 is 2.15 bits per heavy atom. The van der Waals surface area contributed by atoms with E-state index in [1.165, 1.54) is 0 Å². The summed E-state index contributed by atoms with van der Waals surface area (Å²) in [5.41, 5.74) is 1.36. The van der Waals surface area contributed by atoms with Gasteiger partial charge in [0.1, 0.15) is 5.69 Å². The zero-order chi connectivity index (χ0) is 14.4. The summed E-state index contributed by atoms with van der Waals surface area (Å²) >= 11 is 1.58. The Morgan fingerprint density at radius 3 is 2.75 bits per heavy atom. The number of rotatable bonds is 6. The zero-order valence-electron chi connectivity index (χ0n) is 11.6. The largest absolute Gasteiger partial charge is 0.384 e. The van der Waals surface area contributed by atoms with Crippen molar-refractivity contribution in [3.8, 4) is 0 Å². The molecule has 0 unspecified atom stereocenters. The first-order chi connectivity index (χ1) is 9.69. The zero-order valence-corrected chi connectivity index (χ0v) is 12.5. The molecule has 2 aromatic rings. The maximum Gasteiger partial charge on any atom is 0.270 e. The number of anilines is 1. The molecule has 2 rings (SSSR count). The van der Waals surface area contributed by atoms with Crippen molar-refractivity contribution in [2.75, 3.05) is 11.9 Å². The second kappa shape index (κ2) is 7.00. The lowest BCUT2D eigenvalue weighted by molar-refractivity contribution is 0.0946. The van der Waals surface area contributed by atoms with E-state index in [2.05, 4.69) is 27.5 Å². The van der Waals surface area contributed by atoms with Gasteiger partial charge in [0.2, 0.25) is 0 Å². The van der Waals surface area contributed by atoms with Crippen molar-refractivity contribution in [3.63, 3.8) is 0 Å². The number of hydrogen-bond acceptors (Lipinski definition) is 5. The molecular formula is C14H18N4OS. The van der Waals surface area contributed by atoms with Gasteiger partial charge in [-0.25, -0.2) is 9.97 Å². The van der Waals surface area contributed by atoms with E-state index in [0.717, 1.165) is 28.5 Å². The number of thiazole rings is 1. The van der Waals surface area contributed by atoms with E-state index in [4.69, 9.17) is 0 Å². The number of aromatic nitrogens is 2. The summed E-state index contributed by atoms with van der Waals surface area (Å²) in [4.78, 5) is 21.3. The van der Waals surface area contributed by atoms with E-state index in [1.807, 2.05) is 13.0 Å². The molecule has 0 saturated heterocycles. The lowest BCUT2D eigenvalue weighted by Gasteiger charge is -2.06. The molecule has 0 aliphatic heterocycles. The Hall–Kier alpha value is -1.95. The lowest BCUT2D eigenvalue weighted by Crippen LogP contribution is -2.23. The van der Waals surface area contributed by atoms with Gasteiger partial charge in [0.15, 0.2) is 0 Å².